The molecule has 0 bridgehead atoms. The fourth-order valence-corrected chi connectivity index (χ4v) is 3.38. The van der Waals surface area contributed by atoms with E-state index >= 15 is 0 Å². The van der Waals surface area contributed by atoms with Crippen LogP contribution in [0, 0.1) is 11.3 Å². The first kappa shape index (κ1) is 18.0. The molecule has 1 aromatic carbocycles. The van der Waals surface area contributed by atoms with Crippen molar-refractivity contribution in [2.45, 2.75) is 30.9 Å². The van der Waals surface area contributed by atoms with Gasteiger partial charge in [0.1, 0.15) is 11.8 Å². The van der Waals surface area contributed by atoms with Crippen molar-refractivity contribution in [1.82, 2.24) is 9.78 Å². The van der Waals surface area contributed by atoms with Gasteiger partial charge in [0.25, 0.3) is 0 Å². The molecule has 0 atom stereocenters. The van der Waals surface area contributed by atoms with Crippen molar-refractivity contribution in [3.05, 3.63) is 45.2 Å². The molecule has 1 fully saturated rings. The second-order valence-corrected chi connectivity index (χ2v) is 6.55. The lowest BCUT2D eigenvalue weighted by atomic mass is 9.77. The van der Waals surface area contributed by atoms with Crippen molar-refractivity contribution in [2.75, 3.05) is 0 Å². The van der Waals surface area contributed by atoms with Crippen LogP contribution in [0.4, 0.5) is 22.0 Å². The Hall–Kier alpha value is -1.85. The van der Waals surface area contributed by atoms with E-state index in [9.17, 15) is 22.0 Å². The summed E-state index contributed by atoms with van der Waals surface area (Å²) in [5, 5.41) is 12.4. The van der Waals surface area contributed by atoms with Crippen LogP contribution < -0.4 is 0 Å². The van der Waals surface area contributed by atoms with Crippen LogP contribution in [0.25, 0.3) is 5.69 Å². The van der Waals surface area contributed by atoms with Gasteiger partial charge in [0.05, 0.1) is 15.6 Å². The molecule has 0 aliphatic heterocycles. The first-order chi connectivity index (χ1) is 11.5. The highest BCUT2D eigenvalue weighted by atomic mass is 35.5. The molecule has 3 nitrogen and oxygen atoms in total. The first-order valence-corrected chi connectivity index (χ1v) is 7.71. The van der Waals surface area contributed by atoms with Crippen LogP contribution in [0.2, 0.25) is 10.0 Å². The minimum absolute atomic E-state index is 0.0508. The fourth-order valence-electron chi connectivity index (χ4n) is 2.72. The third-order valence-corrected chi connectivity index (χ3v) is 4.53. The SMILES string of the molecule is N#Cc1nn(-c2c(Cl)cc(C(F)(F)F)cc2Cl)cc1C1CC(F)(F)C1. The van der Waals surface area contributed by atoms with E-state index in [1.54, 1.807) is 6.07 Å². The van der Waals surface area contributed by atoms with Crippen LogP contribution in [-0.4, -0.2) is 15.7 Å². The smallest absolute Gasteiger partial charge is 0.236 e. The van der Waals surface area contributed by atoms with Gasteiger partial charge in [-0.3, -0.25) is 0 Å². The predicted molar refractivity (Wildman–Crippen MR) is 80.2 cm³/mol. The normalized spacial score (nSPS) is 17.2. The van der Waals surface area contributed by atoms with Gasteiger partial charge in [0, 0.05) is 24.6 Å². The van der Waals surface area contributed by atoms with Crippen LogP contribution >= 0.6 is 23.2 Å². The second-order valence-electron chi connectivity index (χ2n) is 5.74. The van der Waals surface area contributed by atoms with Crippen LogP contribution in [0.3, 0.4) is 0 Å². The average molecular weight is 396 g/mol. The van der Waals surface area contributed by atoms with Crippen molar-refractivity contribution >= 4 is 23.2 Å². The molecule has 1 aromatic heterocycles. The van der Waals surface area contributed by atoms with Gasteiger partial charge in [-0.15, -0.1) is 0 Å². The summed E-state index contributed by atoms with van der Waals surface area (Å²) < 4.78 is 65.5. The molecule has 10 heteroatoms. The highest BCUT2D eigenvalue weighted by molar-refractivity contribution is 6.37. The zero-order chi connectivity index (χ0) is 18.6. The number of halogens is 7. The topological polar surface area (TPSA) is 41.6 Å². The number of benzene rings is 1. The Balaban J connectivity index is 2.04. The summed E-state index contributed by atoms with van der Waals surface area (Å²) in [5.41, 5.74) is -0.879. The van der Waals surface area contributed by atoms with Gasteiger partial charge in [-0.25, -0.2) is 13.5 Å². The van der Waals surface area contributed by atoms with E-state index < -0.39 is 36.4 Å². The molecule has 2 aromatic rings. The molecular formula is C15H8Cl2F5N3. The van der Waals surface area contributed by atoms with Crippen molar-refractivity contribution in [2.24, 2.45) is 0 Å². The monoisotopic (exact) mass is 395 g/mol. The molecular weight excluding hydrogens is 388 g/mol. The minimum atomic E-state index is -4.63. The van der Waals surface area contributed by atoms with Gasteiger partial charge in [0.15, 0.2) is 5.69 Å². The Kier molecular flexibility index (Phi) is 4.20. The average Bonchev–Trinajstić information content (AvgIpc) is 2.86. The third kappa shape index (κ3) is 3.31. The predicted octanol–water partition coefficient (Wildman–Crippen LogP) is 5.58. The number of nitrogens with zero attached hydrogens (tertiary/aromatic N) is 3. The number of aromatic nitrogens is 2. The van der Waals surface area contributed by atoms with Crippen molar-refractivity contribution in [1.29, 1.82) is 5.26 Å². The Labute approximate surface area is 148 Å². The van der Waals surface area contributed by atoms with Crippen molar-refractivity contribution < 1.29 is 22.0 Å². The van der Waals surface area contributed by atoms with E-state index in [0.717, 1.165) is 4.68 Å². The Morgan fingerprint density at radius 2 is 1.76 bits per heavy atom. The minimum Gasteiger partial charge on any atom is -0.236 e. The summed E-state index contributed by atoms with van der Waals surface area (Å²) in [6.45, 7) is 0. The maximum absolute atomic E-state index is 13.1. The van der Waals surface area contributed by atoms with Crippen LogP contribution in [0.15, 0.2) is 18.3 Å². The molecule has 1 aliphatic rings. The summed E-state index contributed by atoms with van der Waals surface area (Å²) in [4.78, 5) is 0. The van der Waals surface area contributed by atoms with Gasteiger partial charge >= 0.3 is 6.18 Å². The molecule has 0 spiro atoms. The van der Waals surface area contributed by atoms with Gasteiger partial charge in [-0.2, -0.15) is 23.5 Å². The molecule has 1 saturated carbocycles. The molecule has 3 rings (SSSR count). The van der Waals surface area contributed by atoms with E-state index in [1.807, 2.05) is 0 Å². The number of alkyl halides is 5. The summed E-state index contributed by atoms with van der Waals surface area (Å²) in [7, 11) is 0. The molecule has 0 N–H and O–H groups in total. The van der Waals surface area contributed by atoms with E-state index in [-0.39, 0.29) is 21.4 Å². The lowest BCUT2D eigenvalue weighted by Gasteiger charge is -2.34. The highest BCUT2D eigenvalue weighted by Gasteiger charge is 2.47. The van der Waals surface area contributed by atoms with Gasteiger partial charge in [-0.1, -0.05) is 23.2 Å². The first-order valence-electron chi connectivity index (χ1n) is 6.96. The Bertz CT molecular complexity index is 851. The molecule has 0 saturated heterocycles. The molecule has 0 amide bonds. The molecule has 0 unspecified atom stereocenters. The van der Waals surface area contributed by atoms with Gasteiger partial charge < -0.3 is 0 Å². The summed E-state index contributed by atoms with van der Waals surface area (Å²) >= 11 is 11.8. The quantitative estimate of drug-likeness (QED) is 0.622. The van der Waals surface area contributed by atoms with E-state index in [0.29, 0.717) is 17.7 Å². The molecule has 0 radical (unpaired) electrons. The van der Waals surface area contributed by atoms with Crippen molar-refractivity contribution in [3.8, 4) is 11.8 Å². The zero-order valence-electron chi connectivity index (χ0n) is 12.2. The van der Waals surface area contributed by atoms with Gasteiger partial charge in [-0.05, 0) is 18.1 Å². The highest BCUT2D eigenvalue weighted by Crippen LogP contribution is 2.49. The molecule has 25 heavy (non-hydrogen) atoms. The van der Waals surface area contributed by atoms with Crippen molar-refractivity contribution in [3.63, 3.8) is 0 Å². The standard InChI is InChI=1S/C15H8Cl2F5N3/c16-10-1-8(15(20,21)22)2-11(17)13(10)25-6-9(12(5-23)24-25)7-3-14(18,19)4-7/h1-2,6-7H,3-4H2. The van der Waals surface area contributed by atoms with Crippen LogP contribution in [-0.2, 0) is 6.18 Å². The number of nitriles is 1. The molecule has 1 heterocycles. The third-order valence-electron chi connectivity index (χ3n) is 3.95. The van der Waals surface area contributed by atoms with E-state index in [2.05, 4.69) is 5.10 Å². The lowest BCUT2D eigenvalue weighted by molar-refractivity contribution is -0.137. The number of hydrogen-bond acceptors (Lipinski definition) is 2. The fraction of sp³-hybridized carbons (Fsp3) is 0.333. The molecule has 1 aliphatic carbocycles. The largest absolute Gasteiger partial charge is 0.416 e. The summed E-state index contributed by atoms with van der Waals surface area (Å²) in [6, 6.07) is 3.17. The second kappa shape index (κ2) is 5.85. The summed E-state index contributed by atoms with van der Waals surface area (Å²) in [5.74, 6) is -3.34. The zero-order valence-corrected chi connectivity index (χ0v) is 13.7. The van der Waals surface area contributed by atoms with E-state index in [4.69, 9.17) is 28.5 Å². The number of hydrogen-bond donors (Lipinski definition) is 0. The Morgan fingerprint density at radius 1 is 1.20 bits per heavy atom. The Morgan fingerprint density at radius 3 is 2.20 bits per heavy atom. The lowest BCUT2D eigenvalue weighted by Crippen LogP contribution is -2.33. The van der Waals surface area contributed by atoms with Crippen LogP contribution in [0.5, 0.6) is 0 Å². The molecule has 132 valence electrons. The summed E-state index contributed by atoms with van der Waals surface area (Å²) in [6.07, 6.45) is -4.15. The van der Waals surface area contributed by atoms with E-state index in [1.165, 1.54) is 6.20 Å². The maximum Gasteiger partial charge on any atom is 0.416 e. The number of rotatable bonds is 2. The van der Waals surface area contributed by atoms with Crippen LogP contribution in [0.1, 0.15) is 35.6 Å². The maximum atomic E-state index is 13.1. The van der Waals surface area contributed by atoms with Gasteiger partial charge in [0.2, 0.25) is 5.92 Å².